The summed E-state index contributed by atoms with van der Waals surface area (Å²) in [6, 6.07) is 4.95. The van der Waals surface area contributed by atoms with Crippen molar-refractivity contribution in [3.8, 4) is 11.8 Å². The maximum Gasteiger partial charge on any atom is 0.243 e. The van der Waals surface area contributed by atoms with E-state index >= 15 is 0 Å². The summed E-state index contributed by atoms with van der Waals surface area (Å²) in [6.45, 7) is 6.42. The molecule has 0 bridgehead atoms. The fourth-order valence-electron chi connectivity index (χ4n) is 1.86. The van der Waals surface area contributed by atoms with Crippen molar-refractivity contribution >= 4 is 10.0 Å². The first-order valence-corrected chi connectivity index (χ1v) is 8.11. The summed E-state index contributed by atoms with van der Waals surface area (Å²) in [5.41, 5.74) is 1.61. The van der Waals surface area contributed by atoms with E-state index in [9.17, 15) is 8.42 Å². The molecule has 0 aliphatic rings. The maximum atomic E-state index is 12.4. The Morgan fingerprint density at radius 2 is 1.90 bits per heavy atom. The summed E-state index contributed by atoms with van der Waals surface area (Å²) >= 11 is 0. The minimum Gasteiger partial charge on any atom is -0.395 e. The fraction of sp³-hybridized carbons (Fsp3) is 0.467. The van der Waals surface area contributed by atoms with Gasteiger partial charge in [0, 0.05) is 25.1 Å². The Morgan fingerprint density at radius 1 is 1.25 bits per heavy atom. The van der Waals surface area contributed by atoms with Crippen LogP contribution in [0.5, 0.6) is 0 Å². The Hall–Kier alpha value is -1.35. The van der Waals surface area contributed by atoms with Crippen molar-refractivity contribution in [2.75, 3.05) is 19.7 Å². The zero-order valence-corrected chi connectivity index (χ0v) is 13.0. The third-order valence-corrected chi connectivity index (χ3v) is 5.05. The van der Waals surface area contributed by atoms with E-state index in [-0.39, 0.29) is 6.61 Å². The van der Waals surface area contributed by atoms with Gasteiger partial charge in [-0.15, -0.1) is 0 Å². The number of rotatable bonds is 5. The summed E-state index contributed by atoms with van der Waals surface area (Å²) in [4.78, 5) is 0.298. The molecule has 0 aliphatic heterocycles. The van der Waals surface area contributed by atoms with Crippen LogP contribution in [0.15, 0.2) is 23.1 Å². The quantitative estimate of drug-likeness (QED) is 0.842. The first kappa shape index (κ1) is 16.7. The molecule has 0 atom stereocenters. The zero-order valence-electron chi connectivity index (χ0n) is 12.2. The minimum atomic E-state index is -3.42. The second-order valence-corrected chi connectivity index (χ2v) is 6.28. The number of sulfonamides is 1. The molecule has 1 N–H and O–H groups in total. The van der Waals surface area contributed by atoms with Gasteiger partial charge in [0.2, 0.25) is 10.0 Å². The molecule has 0 aliphatic carbocycles. The molecule has 0 radical (unpaired) electrons. The molecule has 20 heavy (non-hydrogen) atoms. The van der Waals surface area contributed by atoms with Gasteiger partial charge in [-0.1, -0.05) is 25.7 Å². The highest BCUT2D eigenvalue weighted by Gasteiger charge is 2.21. The van der Waals surface area contributed by atoms with Gasteiger partial charge in [0.05, 0.1) is 11.5 Å². The van der Waals surface area contributed by atoms with E-state index < -0.39 is 10.0 Å². The highest BCUT2D eigenvalue weighted by Crippen LogP contribution is 2.18. The number of aryl methyl sites for hydroxylation is 1. The molecular formula is C15H21NO3S. The lowest BCUT2D eigenvalue weighted by molar-refractivity contribution is 0.305. The van der Waals surface area contributed by atoms with E-state index in [1.54, 1.807) is 18.2 Å². The van der Waals surface area contributed by atoms with Gasteiger partial charge < -0.3 is 5.11 Å². The van der Waals surface area contributed by atoms with E-state index in [0.717, 1.165) is 11.1 Å². The average molecular weight is 295 g/mol. The molecule has 4 nitrogen and oxygen atoms in total. The van der Waals surface area contributed by atoms with E-state index in [1.807, 2.05) is 20.8 Å². The van der Waals surface area contributed by atoms with E-state index in [2.05, 4.69) is 11.8 Å². The monoisotopic (exact) mass is 295 g/mol. The summed E-state index contributed by atoms with van der Waals surface area (Å²) in [5.74, 6) is 5.77. The van der Waals surface area contributed by atoms with E-state index in [1.165, 1.54) is 4.31 Å². The summed E-state index contributed by atoms with van der Waals surface area (Å²) in [5, 5.41) is 8.69. The number of benzene rings is 1. The molecule has 0 saturated heterocycles. The number of hydrogen-bond acceptors (Lipinski definition) is 3. The van der Waals surface area contributed by atoms with E-state index in [0.29, 0.717) is 24.4 Å². The largest absolute Gasteiger partial charge is 0.395 e. The number of aliphatic hydroxyl groups excluding tert-OH is 1. The van der Waals surface area contributed by atoms with Crippen LogP contribution in [0.1, 0.15) is 31.4 Å². The summed E-state index contributed by atoms with van der Waals surface area (Å²) in [6.07, 6.45) is 0.416. The van der Waals surface area contributed by atoms with Crippen molar-refractivity contribution in [1.82, 2.24) is 4.31 Å². The van der Waals surface area contributed by atoms with Crippen LogP contribution in [0, 0.1) is 18.8 Å². The normalized spacial score (nSPS) is 11.2. The Bertz CT molecular complexity index is 608. The van der Waals surface area contributed by atoms with Crippen molar-refractivity contribution in [3.05, 3.63) is 29.3 Å². The van der Waals surface area contributed by atoms with Crippen LogP contribution in [0.25, 0.3) is 0 Å². The number of aliphatic hydroxyl groups is 1. The molecule has 0 saturated carbocycles. The van der Waals surface area contributed by atoms with Crippen LogP contribution < -0.4 is 0 Å². The highest BCUT2D eigenvalue weighted by molar-refractivity contribution is 7.89. The van der Waals surface area contributed by atoms with Crippen LogP contribution in [0.4, 0.5) is 0 Å². The predicted molar refractivity (Wildman–Crippen MR) is 79.9 cm³/mol. The molecule has 0 fully saturated rings. The van der Waals surface area contributed by atoms with Crippen molar-refractivity contribution in [2.24, 2.45) is 0 Å². The molecule has 0 aromatic heterocycles. The average Bonchev–Trinajstić information content (AvgIpc) is 2.41. The Kier molecular flexibility index (Phi) is 6.21. The van der Waals surface area contributed by atoms with Gasteiger partial charge in [0.25, 0.3) is 0 Å². The Balaban J connectivity index is 3.13. The molecule has 0 amide bonds. The number of hydrogen-bond donors (Lipinski definition) is 1. The lowest BCUT2D eigenvalue weighted by Crippen LogP contribution is -2.30. The standard InChI is InChI=1S/C15H21NO3S/c1-4-16(5-2)20(18,19)15-10-9-14(13(3)12-15)8-6-7-11-17/h9-10,12,17H,4-5,7,11H2,1-3H3. The first-order valence-electron chi connectivity index (χ1n) is 6.67. The Morgan fingerprint density at radius 3 is 2.40 bits per heavy atom. The van der Waals surface area contributed by atoms with Crippen LogP contribution in [0.2, 0.25) is 0 Å². The predicted octanol–water partition coefficient (Wildman–Crippen LogP) is 1.76. The minimum absolute atomic E-state index is 0.0282. The van der Waals surface area contributed by atoms with Crippen molar-refractivity contribution < 1.29 is 13.5 Å². The second kappa shape index (κ2) is 7.44. The van der Waals surface area contributed by atoms with Gasteiger partial charge in [-0.05, 0) is 30.7 Å². The molecule has 5 heteroatoms. The molecule has 1 aromatic carbocycles. The van der Waals surface area contributed by atoms with Crippen LogP contribution >= 0.6 is 0 Å². The van der Waals surface area contributed by atoms with Crippen molar-refractivity contribution in [1.29, 1.82) is 0 Å². The molecule has 0 spiro atoms. The van der Waals surface area contributed by atoms with E-state index in [4.69, 9.17) is 5.11 Å². The molecule has 1 rings (SSSR count). The van der Waals surface area contributed by atoms with Gasteiger partial charge in [-0.2, -0.15) is 4.31 Å². The first-order chi connectivity index (χ1) is 9.47. The third-order valence-electron chi connectivity index (χ3n) is 3.00. The second-order valence-electron chi connectivity index (χ2n) is 4.34. The van der Waals surface area contributed by atoms with Crippen LogP contribution in [0.3, 0.4) is 0 Å². The molecule has 110 valence electrons. The molecule has 0 unspecified atom stereocenters. The maximum absolute atomic E-state index is 12.4. The lowest BCUT2D eigenvalue weighted by atomic mass is 10.1. The summed E-state index contributed by atoms with van der Waals surface area (Å²) in [7, 11) is -3.42. The molecule has 0 heterocycles. The van der Waals surface area contributed by atoms with Crippen molar-refractivity contribution in [3.63, 3.8) is 0 Å². The van der Waals surface area contributed by atoms with Crippen LogP contribution in [-0.4, -0.2) is 37.5 Å². The fourth-order valence-corrected chi connectivity index (χ4v) is 3.41. The van der Waals surface area contributed by atoms with Crippen LogP contribution in [-0.2, 0) is 10.0 Å². The Labute approximate surface area is 121 Å². The zero-order chi connectivity index (χ0) is 15.2. The third kappa shape index (κ3) is 3.83. The summed E-state index contributed by atoms with van der Waals surface area (Å²) < 4.78 is 26.2. The molecular weight excluding hydrogens is 274 g/mol. The lowest BCUT2D eigenvalue weighted by Gasteiger charge is -2.18. The van der Waals surface area contributed by atoms with Crippen molar-refractivity contribution in [2.45, 2.75) is 32.1 Å². The highest BCUT2D eigenvalue weighted by atomic mass is 32.2. The topological polar surface area (TPSA) is 57.6 Å². The number of nitrogens with zero attached hydrogens (tertiary/aromatic N) is 1. The smallest absolute Gasteiger partial charge is 0.243 e. The molecule has 1 aromatic rings. The SMILES string of the molecule is CCN(CC)S(=O)(=O)c1ccc(C#CCCO)c(C)c1. The van der Waals surface area contributed by atoms with Gasteiger partial charge in [-0.3, -0.25) is 0 Å². The van der Waals surface area contributed by atoms with Gasteiger partial charge in [0.15, 0.2) is 0 Å². The van der Waals surface area contributed by atoms with Gasteiger partial charge in [0.1, 0.15) is 0 Å². The van der Waals surface area contributed by atoms with Gasteiger partial charge >= 0.3 is 0 Å². The van der Waals surface area contributed by atoms with Gasteiger partial charge in [-0.25, -0.2) is 8.42 Å².